The Morgan fingerprint density at radius 3 is 2.50 bits per heavy atom. The van der Waals surface area contributed by atoms with E-state index in [0.717, 1.165) is 24.2 Å². The molecule has 2 aromatic carbocycles. The molecule has 0 amide bonds. The summed E-state index contributed by atoms with van der Waals surface area (Å²) in [5.74, 6) is 1.09. The molecular formula is C17H21NO2. The number of hydrogen-bond donors (Lipinski definition) is 2. The predicted molar refractivity (Wildman–Crippen MR) is 80.9 cm³/mol. The molecule has 20 heavy (non-hydrogen) atoms. The summed E-state index contributed by atoms with van der Waals surface area (Å²) in [6, 6.07) is 15.4. The van der Waals surface area contributed by atoms with Gasteiger partial charge in [-0.15, -0.1) is 0 Å². The number of benzene rings is 2. The fourth-order valence-electron chi connectivity index (χ4n) is 1.96. The number of aromatic hydroxyl groups is 1. The van der Waals surface area contributed by atoms with Crippen LogP contribution in [0.4, 0.5) is 0 Å². The van der Waals surface area contributed by atoms with E-state index in [1.54, 1.807) is 12.1 Å². The van der Waals surface area contributed by atoms with Crippen LogP contribution >= 0.6 is 0 Å². The first-order valence-electron chi connectivity index (χ1n) is 6.89. The summed E-state index contributed by atoms with van der Waals surface area (Å²) in [7, 11) is 0. The van der Waals surface area contributed by atoms with Gasteiger partial charge in [0.25, 0.3) is 0 Å². The third-order valence-corrected chi connectivity index (χ3v) is 3.13. The largest absolute Gasteiger partial charge is 0.508 e. The van der Waals surface area contributed by atoms with Gasteiger partial charge in [0.2, 0.25) is 0 Å². The minimum atomic E-state index is 0.233. The lowest BCUT2D eigenvalue weighted by Crippen LogP contribution is -2.15. The van der Waals surface area contributed by atoms with E-state index in [1.165, 1.54) is 5.56 Å². The Bertz CT molecular complexity index is 535. The Kier molecular flexibility index (Phi) is 5.02. The van der Waals surface area contributed by atoms with Crippen LogP contribution in [0.1, 0.15) is 24.5 Å². The molecule has 1 atom stereocenters. The quantitative estimate of drug-likeness (QED) is 0.848. The summed E-state index contributed by atoms with van der Waals surface area (Å²) >= 11 is 0. The van der Waals surface area contributed by atoms with Gasteiger partial charge in [-0.1, -0.05) is 24.3 Å². The number of nitrogens with two attached hydrogens (primary N) is 1. The molecular weight excluding hydrogens is 250 g/mol. The molecule has 0 radical (unpaired) electrons. The zero-order chi connectivity index (χ0) is 14.4. The zero-order valence-corrected chi connectivity index (χ0v) is 11.8. The van der Waals surface area contributed by atoms with Gasteiger partial charge >= 0.3 is 0 Å². The summed E-state index contributed by atoms with van der Waals surface area (Å²) in [5, 5.41) is 9.38. The molecule has 0 aliphatic heterocycles. The van der Waals surface area contributed by atoms with Crippen LogP contribution in [0.25, 0.3) is 0 Å². The minimum absolute atomic E-state index is 0.233. The third kappa shape index (κ3) is 4.59. The van der Waals surface area contributed by atoms with Crippen LogP contribution in [0.2, 0.25) is 0 Å². The van der Waals surface area contributed by atoms with E-state index >= 15 is 0 Å². The second-order valence-electron chi connectivity index (χ2n) is 5.12. The molecule has 1 unspecified atom stereocenters. The van der Waals surface area contributed by atoms with Crippen LogP contribution in [0.3, 0.4) is 0 Å². The first-order valence-corrected chi connectivity index (χ1v) is 6.89. The minimum Gasteiger partial charge on any atom is -0.508 e. The van der Waals surface area contributed by atoms with Crippen molar-refractivity contribution in [2.45, 2.75) is 32.4 Å². The number of rotatable bonds is 6. The molecule has 2 rings (SSSR count). The van der Waals surface area contributed by atoms with E-state index in [1.807, 2.05) is 31.2 Å². The molecule has 0 heterocycles. The van der Waals surface area contributed by atoms with Crippen LogP contribution in [0.15, 0.2) is 48.5 Å². The first-order chi connectivity index (χ1) is 9.63. The fourth-order valence-corrected chi connectivity index (χ4v) is 1.96. The molecule has 3 heteroatoms. The highest BCUT2D eigenvalue weighted by molar-refractivity contribution is 5.29. The normalized spacial score (nSPS) is 12.1. The van der Waals surface area contributed by atoms with E-state index in [9.17, 15) is 5.11 Å². The summed E-state index contributed by atoms with van der Waals surface area (Å²) in [4.78, 5) is 0. The smallest absolute Gasteiger partial charge is 0.119 e. The summed E-state index contributed by atoms with van der Waals surface area (Å²) < 4.78 is 5.69. The molecule has 106 valence electrons. The number of hydrogen-bond acceptors (Lipinski definition) is 3. The van der Waals surface area contributed by atoms with Crippen molar-refractivity contribution in [3.8, 4) is 11.5 Å². The highest BCUT2D eigenvalue weighted by atomic mass is 16.5. The van der Waals surface area contributed by atoms with Gasteiger partial charge in [0, 0.05) is 6.04 Å². The molecule has 0 aliphatic carbocycles. The lowest BCUT2D eigenvalue weighted by Gasteiger charge is -2.08. The lowest BCUT2D eigenvalue weighted by molar-refractivity contribution is 0.305. The Hall–Kier alpha value is -2.00. The van der Waals surface area contributed by atoms with Gasteiger partial charge in [-0.25, -0.2) is 0 Å². The Morgan fingerprint density at radius 1 is 1.10 bits per heavy atom. The van der Waals surface area contributed by atoms with E-state index < -0.39 is 0 Å². The summed E-state index contributed by atoms with van der Waals surface area (Å²) in [5.41, 5.74) is 7.97. The van der Waals surface area contributed by atoms with Gasteiger partial charge in [-0.3, -0.25) is 0 Å². The molecule has 0 bridgehead atoms. The molecule has 3 N–H and O–H groups in total. The zero-order valence-electron chi connectivity index (χ0n) is 11.8. The molecule has 0 aliphatic rings. The van der Waals surface area contributed by atoms with Crippen LogP contribution in [0.5, 0.6) is 11.5 Å². The Balaban J connectivity index is 1.87. The van der Waals surface area contributed by atoms with Crippen LogP contribution in [-0.2, 0) is 13.0 Å². The third-order valence-electron chi connectivity index (χ3n) is 3.13. The number of aryl methyl sites for hydroxylation is 1. The average molecular weight is 271 g/mol. The summed E-state index contributed by atoms with van der Waals surface area (Å²) in [6.45, 7) is 2.47. The molecule has 0 aromatic heterocycles. The van der Waals surface area contributed by atoms with Crippen molar-refractivity contribution < 1.29 is 9.84 Å². The van der Waals surface area contributed by atoms with Crippen molar-refractivity contribution in [2.75, 3.05) is 0 Å². The molecule has 3 nitrogen and oxygen atoms in total. The van der Waals surface area contributed by atoms with Crippen molar-refractivity contribution in [2.24, 2.45) is 5.73 Å². The second kappa shape index (κ2) is 6.96. The molecule has 0 spiro atoms. The van der Waals surface area contributed by atoms with Gasteiger partial charge < -0.3 is 15.6 Å². The van der Waals surface area contributed by atoms with Crippen LogP contribution in [0, 0.1) is 0 Å². The predicted octanol–water partition coefficient (Wildman–Crippen LogP) is 3.25. The highest BCUT2D eigenvalue weighted by Gasteiger charge is 2.00. The van der Waals surface area contributed by atoms with E-state index in [2.05, 4.69) is 12.1 Å². The molecule has 0 saturated carbocycles. The average Bonchev–Trinajstić information content (AvgIpc) is 2.44. The van der Waals surface area contributed by atoms with Gasteiger partial charge in [0.1, 0.15) is 18.1 Å². The number of phenolic OH excluding ortho intramolecular Hbond substituents is 1. The van der Waals surface area contributed by atoms with Crippen molar-refractivity contribution in [3.05, 3.63) is 59.7 Å². The van der Waals surface area contributed by atoms with Gasteiger partial charge in [0.15, 0.2) is 0 Å². The van der Waals surface area contributed by atoms with E-state index in [0.29, 0.717) is 6.61 Å². The highest BCUT2D eigenvalue weighted by Crippen LogP contribution is 2.17. The second-order valence-corrected chi connectivity index (χ2v) is 5.12. The van der Waals surface area contributed by atoms with Crippen LogP contribution < -0.4 is 10.5 Å². The van der Waals surface area contributed by atoms with Crippen molar-refractivity contribution in [1.82, 2.24) is 0 Å². The first kappa shape index (κ1) is 14.4. The number of ether oxygens (including phenoxy) is 1. The molecule has 0 fully saturated rings. The fraction of sp³-hybridized carbons (Fsp3) is 0.294. The van der Waals surface area contributed by atoms with Gasteiger partial charge in [-0.2, -0.15) is 0 Å². The van der Waals surface area contributed by atoms with E-state index in [-0.39, 0.29) is 11.8 Å². The summed E-state index contributed by atoms with van der Waals surface area (Å²) in [6.07, 6.45) is 1.98. The van der Waals surface area contributed by atoms with Crippen molar-refractivity contribution in [1.29, 1.82) is 0 Å². The van der Waals surface area contributed by atoms with Gasteiger partial charge in [-0.05, 0) is 55.2 Å². The SMILES string of the molecule is CC(N)CCc1ccc(OCc2cccc(O)c2)cc1. The maximum absolute atomic E-state index is 9.38. The number of phenols is 1. The Morgan fingerprint density at radius 2 is 1.85 bits per heavy atom. The monoisotopic (exact) mass is 271 g/mol. The maximum atomic E-state index is 9.38. The van der Waals surface area contributed by atoms with Crippen molar-refractivity contribution in [3.63, 3.8) is 0 Å². The maximum Gasteiger partial charge on any atom is 0.119 e. The van der Waals surface area contributed by atoms with Crippen LogP contribution in [-0.4, -0.2) is 11.1 Å². The molecule has 0 saturated heterocycles. The van der Waals surface area contributed by atoms with Gasteiger partial charge in [0.05, 0.1) is 0 Å². The Labute approximate surface area is 120 Å². The lowest BCUT2D eigenvalue weighted by atomic mass is 10.1. The topological polar surface area (TPSA) is 55.5 Å². The van der Waals surface area contributed by atoms with E-state index in [4.69, 9.17) is 10.5 Å². The molecule has 2 aromatic rings. The van der Waals surface area contributed by atoms with Crippen molar-refractivity contribution >= 4 is 0 Å². The standard InChI is InChI=1S/C17H21NO2/c1-13(18)5-6-14-7-9-17(10-8-14)20-12-15-3-2-4-16(19)11-15/h2-4,7-11,13,19H,5-6,12,18H2,1H3.